The summed E-state index contributed by atoms with van der Waals surface area (Å²) in [7, 11) is 0. The molecule has 1 aliphatic heterocycles. The Morgan fingerprint density at radius 2 is 2.11 bits per heavy atom. The lowest BCUT2D eigenvalue weighted by Crippen LogP contribution is -2.45. The minimum atomic E-state index is -0.330. The molecule has 0 N–H and O–H groups in total. The second-order valence-electron chi connectivity index (χ2n) is 4.15. The van der Waals surface area contributed by atoms with Crippen LogP contribution in [0.5, 0.6) is 0 Å². The van der Waals surface area contributed by atoms with Gasteiger partial charge in [-0.15, -0.1) is 0 Å². The minimum absolute atomic E-state index is 0.219. The summed E-state index contributed by atoms with van der Waals surface area (Å²) in [5, 5.41) is 0. The zero-order chi connectivity index (χ0) is 13.0. The molecule has 1 amide bonds. The molecule has 98 valence electrons. The van der Waals surface area contributed by atoms with Crippen LogP contribution >= 0.6 is 0 Å². The third-order valence-corrected chi connectivity index (χ3v) is 3.02. The molecule has 4 nitrogen and oxygen atoms in total. The fourth-order valence-corrected chi connectivity index (χ4v) is 2.28. The van der Waals surface area contributed by atoms with E-state index in [0.29, 0.717) is 13.2 Å². The molecule has 0 spiro atoms. The molecule has 4 heteroatoms. The lowest BCUT2D eigenvalue weighted by molar-refractivity contribution is 0.0465. The number of rotatable bonds is 3. The lowest BCUT2D eigenvalue weighted by Gasteiger charge is -2.35. The van der Waals surface area contributed by atoms with E-state index in [1.807, 2.05) is 38.1 Å². The van der Waals surface area contributed by atoms with E-state index in [1.165, 1.54) is 5.56 Å². The molecule has 0 radical (unpaired) electrons. The largest absolute Gasteiger partial charge is 0.449 e. The highest BCUT2D eigenvalue weighted by atomic mass is 16.6. The molecule has 0 saturated carbocycles. The number of fused-ring (bicyclic) bond motifs is 1. The number of aryl methyl sites for hydroxylation is 1. The zero-order valence-electron chi connectivity index (χ0n) is 10.9. The Hall–Kier alpha value is -1.55. The third kappa shape index (κ3) is 2.48. The molecule has 1 unspecified atom stereocenters. The highest BCUT2D eigenvalue weighted by Gasteiger charge is 2.32. The van der Waals surface area contributed by atoms with Crippen molar-refractivity contribution in [3.8, 4) is 0 Å². The number of benzene rings is 1. The normalized spacial score (nSPS) is 18.3. The molecule has 1 aliphatic rings. The topological polar surface area (TPSA) is 38.8 Å². The number of para-hydroxylation sites is 1. The molecule has 1 heterocycles. The number of carbonyl (C=O) groups excluding carboxylic acids is 1. The van der Waals surface area contributed by atoms with Crippen LogP contribution in [0.4, 0.5) is 10.5 Å². The van der Waals surface area contributed by atoms with Gasteiger partial charge in [-0.3, -0.25) is 4.90 Å². The first-order valence-electron chi connectivity index (χ1n) is 6.43. The van der Waals surface area contributed by atoms with Gasteiger partial charge in [0, 0.05) is 6.61 Å². The first-order chi connectivity index (χ1) is 8.77. The number of hydrogen-bond acceptors (Lipinski definition) is 3. The molecule has 1 atom stereocenters. The second-order valence-corrected chi connectivity index (χ2v) is 4.15. The van der Waals surface area contributed by atoms with Gasteiger partial charge in [-0.25, -0.2) is 4.79 Å². The smallest absolute Gasteiger partial charge is 0.416 e. The van der Waals surface area contributed by atoms with Gasteiger partial charge in [0.1, 0.15) is 6.23 Å². The van der Waals surface area contributed by atoms with Gasteiger partial charge in [0.25, 0.3) is 0 Å². The molecular weight excluding hydrogens is 230 g/mol. The predicted octanol–water partition coefficient (Wildman–Crippen LogP) is 2.96. The Labute approximate surface area is 107 Å². The Morgan fingerprint density at radius 3 is 2.83 bits per heavy atom. The summed E-state index contributed by atoms with van der Waals surface area (Å²) in [5.74, 6) is 0. The average molecular weight is 249 g/mol. The van der Waals surface area contributed by atoms with Crippen LogP contribution in [0.25, 0.3) is 0 Å². The third-order valence-electron chi connectivity index (χ3n) is 3.02. The number of amides is 1. The van der Waals surface area contributed by atoms with Crippen LogP contribution in [0, 0.1) is 0 Å². The maximum atomic E-state index is 12.1. The maximum absolute atomic E-state index is 12.1. The number of ether oxygens (including phenoxy) is 2. The van der Waals surface area contributed by atoms with Crippen molar-refractivity contribution in [2.45, 2.75) is 32.9 Å². The van der Waals surface area contributed by atoms with Crippen LogP contribution in [-0.2, 0) is 15.9 Å². The zero-order valence-corrected chi connectivity index (χ0v) is 10.9. The van der Waals surface area contributed by atoms with E-state index in [4.69, 9.17) is 9.47 Å². The number of hydrogen-bond donors (Lipinski definition) is 0. The summed E-state index contributed by atoms with van der Waals surface area (Å²) >= 11 is 0. The molecule has 0 saturated heterocycles. The van der Waals surface area contributed by atoms with Gasteiger partial charge < -0.3 is 9.47 Å². The highest BCUT2D eigenvalue weighted by Crippen LogP contribution is 2.31. The Morgan fingerprint density at radius 1 is 1.33 bits per heavy atom. The van der Waals surface area contributed by atoms with Crippen LogP contribution in [-0.4, -0.2) is 25.5 Å². The van der Waals surface area contributed by atoms with Gasteiger partial charge in [0.05, 0.1) is 12.3 Å². The van der Waals surface area contributed by atoms with Crippen molar-refractivity contribution in [1.29, 1.82) is 0 Å². The van der Waals surface area contributed by atoms with E-state index in [1.54, 1.807) is 4.90 Å². The summed E-state index contributed by atoms with van der Waals surface area (Å²) in [6, 6.07) is 7.91. The quantitative estimate of drug-likeness (QED) is 0.826. The minimum Gasteiger partial charge on any atom is -0.449 e. The maximum Gasteiger partial charge on any atom is 0.416 e. The van der Waals surface area contributed by atoms with Gasteiger partial charge in [-0.1, -0.05) is 18.2 Å². The van der Waals surface area contributed by atoms with Crippen molar-refractivity contribution in [3.05, 3.63) is 29.8 Å². The first-order valence-corrected chi connectivity index (χ1v) is 6.43. The number of carbonyl (C=O) groups is 1. The summed E-state index contributed by atoms with van der Waals surface area (Å²) in [4.78, 5) is 13.7. The summed E-state index contributed by atoms with van der Waals surface area (Å²) in [5.41, 5.74) is 2.07. The number of anilines is 1. The van der Waals surface area contributed by atoms with Crippen LogP contribution in [0.3, 0.4) is 0 Å². The molecule has 1 aromatic rings. The van der Waals surface area contributed by atoms with Crippen LogP contribution in [0.2, 0.25) is 0 Å². The summed E-state index contributed by atoms with van der Waals surface area (Å²) < 4.78 is 10.8. The molecule has 18 heavy (non-hydrogen) atoms. The predicted molar refractivity (Wildman–Crippen MR) is 69.7 cm³/mol. The van der Waals surface area contributed by atoms with Gasteiger partial charge in [-0.05, 0) is 38.3 Å². The fourth-order valence-electron chi connectivity index (χ4n) is 2.28. The van der Waals surface area contributed by atoms with Gasteiger partial charge in [0.2, 0.25) is 0 Å². The van der Waals surface area contributed by atoms with E-state index < -0.39 is 0 Å². The average Bonchev–Trinajstić information content (AvgIpc) is 2.39. The van der Waals surface area contributed by atoms with Crippen molar-refractivity contribution in [3.63, 3.8) is 0 Å². The van der Waals surface area contributed by atoms with Crippen molar-refractivity contribution in [2.75, 3.05) is 18.1 Å². The van der Waals surface area contributed by atoms with Gasteiger partial charge >= 0.3 is 6.09 Å². The molecule has 0 fully saturated rings. The Kier molecular flexibility index (Phi) is 4.20. The van der Waals surface area contributed by atoms with E-state index in [2.05, 4.69) is 0 Å². The van der Waals surface area contributed by atoms with E-state index in [9.17, 15) is 4.79 Å². The van der Waals surface area contributed by atoms with Crippen molar-refractivity contribution in [1.82, 2.24) is 0 Å². The molecule has 1 aromatic carbocycles. The van der Waals surface area contributed by atoms with Crippen LogP contribution < -0.4 is 4.90 Å². The van der Waals surface area contributed by atoms with E-state index in [-0.39, 0.29) is 12.3 Å². The van der Waals surface area contributed by atoms with Crippen molar-refractivity contribution in [2.24, 2.45) is 0 Å². The number of nitrogens with zero attached hydrogens (tertiary/aromatic N) is 1. The van der Waals surface area contributed by atoms with Crippen molar-refractivity contribution >= 4 is 11.8 Å². The lowest BCUT2D eigenvalue weighted by atomic mass is 10.0. The molecule has 0 aliphatic carbocycles. The molecular formula is C14H19NO3. The molecule has 0 bridgehead atoms. The SMILES string of the molecule is CCOC(=O)N1c2ccccc2CCC1OCC. The van der Waals surface area contributed by atoms with Crippen LogP contribution in [0.15, 0.2) is 24.3 Å². The van der Waals surface area contributed by atoms with Gasteiger partial charge in [-0.2, -0.15) is 0 Å². The van der Waals surface area contributed by atoms with Crippen molar-refractivity contribution < 1.29 is 14.3 Å². The van der Waals surface area contributed by atoms with E-state index >= 15 is 0 Å². The standard InChI is InChI=1S/C14H19NO3/c1-3-17-13-10-9-11-7-5-6-8-12(11)15(13)14(16)18-4-2/h5-8,13H,3-4,9-10H2,1-2H3. The Bertz CT molecular complexity index is 419. The Balaban J connectivity index is 2.31. The highest BCUT2D eigenvalue weighted by molar-refractivity contribution is 5.89. The van der Waals surface area contributed by atoms with E-state index in [0.717, 1.165) is 18.5 Å². The van der Waals surface area contributed by atoms with Gasteiger partial charge in [0.15, 0.2) is 0 Å². The van der Waals surface area contributed by atoms with Crippen LogP contribution in [0.1, 0.15) is 25.8 Å². The monoisotopic (exact) mass is 249 g/mol. The molecule has 2 rings (SSSR count). The summed E-state index contributed by atoms with van der Waals surface area (Å²) in [6.07, 6.45) is 1.19. The second kappa shape index (κ2) is 5.87. The summed E-state index contributed by atoms with van der Waals surface area (Å²) in [6.45, 7) is 4.70. The first kappa shape index (κ1) is 12.9. The molecule has 0 aromatic heterocycles. The fraction of sp³-hybridized carbons (Fsp3) is 0.500.